The fourth-order valence-corrected chi connectivity index (χ4v) is 1.88. The number of carbonyl (C=O) groups is 1. The Hall–Kier alpha value is -2.33. The van der Waals surface area contributed by atoms with Crippen LogP contribution in [0.3, 0.4) is 0 Å². The van der Waals surface area contributed by atoms with Crippen molar-refractivity contribution in [1.29, 1.82) is 0 Å². The Morgan fingerprint density at radius 1 is 1.23 bits per heavy atom. The number of halogens is 2. The van der Waals surface area contributed by atoms with Gasteiger partial charge < -0.3 is 9.84 Å². The summed E-state index contributed by atoms with van der Waals surface area (Å²) in [5, 5.41) is 9.69. The van der Waals surface area contributed by atoms with Gasteiger partial charge >= 0.3 is 5.97 Å². The number of hydrogen-bond acceptors (Lipinski definition) is 3. The highest BCUT2D eigenvalue weighted by Crippen LogP contribution is 2.24. The first-order valence-corrected chi connectivity index (χ1v) is 7.00. The summed E-state index contributed by atoms with van der Waals surface area (Å²) < 4.78 is 17.8. The van der Waals surface area contributed by atoms with Gasteiger partial charge in [0.2, 0.25) is 0 Å². The van der Waals surface area contributed by atoms with Crippen molar-refractivity contribution in [3.05, 3.63) is 70.5 Å². The van der Waals surface area contributed by atoms with E-state index in [9.17, 15) is 14.3 Å². The molecule has 0 saturated carbocycles. The third kappa shape index (κ3) is 4.90. The van der Waals surface area contributed by atoms with Crippen molar-refractivity contribution in [2.24, 2.45) is 0 Å². The predicted molar refractivity (Wildman–Crippen MR) is 83.2 cm³/mol. The van der Waals surface area contributed by atoms with Crippen LogP contribution in [0.1, 0.15) is 11.1 Å². The third-order valence-corrected chi connectivity index (χ3v) is 3.25. The molecule has 0 aliphatic heterocycles. The van der Waals surface area contributed by atoms with E-state index in [4.69, 9.17) is 16.3 Å². The highest BCUT2D eigenvalue weighted by molar-refractivity contribution is 6.32. The maximum absolute atomic E-state index is 12.7. The van der Waals surface area contributed by atoms with Gasteiger partial charge in [0.25, 0.3) is 0 Å². The average Bonchev–Trinajstić information content (AvgIpc) is 2.50. The number of benzene rings is 2. The van der Waals surface area contributed by atoms with E-state index in [1.54, 1.807) is 18.2 Å². The quantitative estimate of drug-likeness (QED) is 0.669. The van der Waals surface area contributed by atoms with E-state index in [1.165, 1.54) is 36.4 Å². The van der Waals surface area contributed by atoms with Crippen LogP contribution in [0.5, 0.6) is 5.75 Å². The highest BCUT2D eigenvalue weighted by atomic mass is 35.5. The zero-order chi connectivity index (χ0) is 15.9. The van der Waals surface area contributed by atoms with Crippen molar-refractivity contribution in [3.8, 4) is 5.75 Å². The van der Waals surface area contributed by atoms with Crippen LogP contribution in [-0.4, -0.2) is 17.7 Å². The molecule has 0 spiro atoms. The first-order valence-electron chi connectivity index (χ1n) is 6.62. The van der Waals surface area contributed by atoms with E-state index >= 15 is 0 Å². The van der Waals surface area contributed by atoms with Crippen LogP contribution in [0.25, 0.3) is 6.08 Å². The van der Waals surface area contributed by atoms with Gasteiger partial charge in [-0.2, -0.15) is 0 Å². The van der Waals surface area contributed by atoms with Crippen molar-refractivity contribution >= 4 is 23.6 Å². The minimum atomic E-state index is -0.489. The van der Waals surface area contributed by atoms with Gasteiger partial charge in [0.05, 0.1) is 11.6 Å². The fourth-order valence-electron chi connectivity index (χ4n) is 1.77. The van der Waals surface area contributed by atoms with Gasteiger partial charge in [-0.05, 0) is 41.5 Å². The maximum atomic E-state index is 12.7. The molecule has 0 aliphatic carbocycles. The van der Waals surface area contributed by atoms with E-state index in [1.807, 2.05) is 0 Å². The van der Waals surface area contributed by atoms with Gasteiger partial charge in [-0.15, -0.1) is 0 Å². The zero-order valence-electron chi connectivity index (χ0n) is 11.6. The molecule has 2 rings (SSSR count). The summed E-state index contributed by atoms with van der Waals surface area (Å²) >= 11 is 5.69. The second-order valence-electron chi connectivity index (χ2n) is 4.59. The van der Waals surface area contributed by atoms with E-state index in [0.717, 1.165) is 5.56 Å². The van der Waals surface area contributed by atoms with E-state index in [-0.39, 0.29) is 23.2 Å². The largest absolute Gasteiger partial charge is 0.506 e. The number of phenols is 1. The minimum Gasteiger partial charge on any atom is -0.506 e. The molecule has 22 heavy (non-hydrogen) atoms. The normalized spacial score (nSPS) is 10.8. The Balaban J connectivity index is 1.81. The Bertz CT molecular complexity index is 681. The van der Waals surface area contributed by atoms with Crippen LogP contribution in [0.2, 0.25) is 5.02 Å². The zero-order valence-corrected chi connectivity index (χ0v) is 12.4. The van der Waals surface area contributed by atoms with Crippen molar-refractivity contribution in [2.45, 2.75) is 6.42 Å². The number of phenolic OH excluding ortho intramolecular Hbond substituents is 1. The Labute approximate surface area is 132 Å². The molecule has 0 aliphatic rings. The van der Waals surface area contributed by atoms with Gasteiger partial charge in [-0.1, -0.05) is 29.8 Å². The molecule has 0 unspecified atom stereocenters. The van der Waals surface area contributed by atoms with Gasteiger partial charge in [0, 0.05) is 12.5 Å². The van der Waals surface area contributed by atoms with E-state index < -0.39 is 5.97 Å². The average molecular weight is 321 g/mol. The summed E-state index contributed by atoms with van der Waals surface area (Å²) in [7, 11) is 0. The topological polar surface area (TPSA) is 46.5 Å². The fraction of sp³-hybridized carbons (Fsp3) is 0.118. The monoisotopic (exact) mass is 320 g/mol. The molecule has 0 fully saturated rings. The SMILES string of the molecule is O=C(/C=C/c1ccc(Cl)c(O)c1)OCCc1ccc(F)cc1. The molecule has 0 atom stereocenters. The van der Waals surface area contributed by atoms with Crippen LogP contribution in [0.15, 0.2) is 48.5 Å². The lowest BCUT2D eigenvalue weighted by molar-refractivity contribution is -0.137. The molecular formula is C17H14ClFO3. The number of aromatic hydroxyl groups is 1. The lowest BCUT2D eigenvalue weighted by Crippen LogP contribution is -2.04. The molecule has 0 saturated heterocycles. The lowest BCUT2D eigenvalue weighted by atomic mass is 10.2. The first-order chi connectivity index (χ1) is 10.5. The molecule has 2 aromatic rings. The Kier molecular flexibility index (Phi) is 5.55. The van der Waals surface area contributed by atoms with Gasteiger partial charge in [-0.3, -0.25) is 0 Å². The van der Waals surface area contributed by atoms with Crippen molar-refractivity contribution in [1.82, 2.24) is 0 Å². The second-order valence-corrected chi connectivity index (χ2v) is 5.00. The maximum Gasteiger partial charge on any atom is 0.330 e. The molecule has 0 radical (unpaired) electrons. The summed E-state index contributed by atoms with van der Waals surface area (Å²) in [5.74, 6) is -0.833. The molecule has 0 heterocycles. The number of rotatable bonds is 5. The van der Waals surface area contributed by atoms with Crippen LogP contribution in [0, 0.1) is 5.82 Å². The summed E-state index contributed by atoms with van der Waals surface area (Å²) in [6.45, 7) is 0.209. The second kappa shape index (κ2) is 7.61. The number of hydrogen-bond donors (Lipinski definition) is 1. The molecule has 1 N–H and O–H groups in total. The molecule has 114 valence electrons. The van der Waals surface area contributed by atoms with Gasteiger partial charge in [-0.25, -0.2) is 9.18 Å². The summed E-state index contributed by atoms with van der Waals surface area (Å²) in [4.78, 5) is 11.6. The summed E-state index contributed by atoms with van der Waals surface area (Å²) in [6, 6.07) is 10.7. The highest BCUT2D eigenvalue weighted by Gasteiger charge is 2.01. The van der Waals surface area contributed by atoms with Crippen LogP contribution in [0.4, 0.5) is 4.39 Å². The van der Waals surface area contributed by atoms with Crippen molar-refractivity contribution in [3.63, 3.8) is 0 Å². The summed E-state index contributed by atoms with van der Waals surface area (Å²) in [5.41, 5.74) is 1.53. The Morgan fingerprint density at radius 2 is 1.95 bits per heavy atom. The molecule has 0 amide bonds. The molecule has 2 aromatic carbocycles. The van der Waals surface area contributed by atoms with Gasteiger partial charge in [0.1, 0.15) is 11.6 Å². The number of carbonyl (C=O) groups excluding carboxylic acids is 1. The Morgan fingerprint density at radius 3 is 2.64 bits per heavy atom. The number of ether oxygens (including phenoxy) is 1. The third-order valence-electron chi connectivity index (χ3n) is 2.93. The van der Waals surface area contributed by atoms with Gasteiger partial charge in [0.15, 0.2) is 0 Å². The smallest absolute Gasteiger partial charge is 0.330 e. The molecule has 0 bridgehead atoms. The molecule has 5 heteroatoms. The van der Waals surface area contributed by atoms with Crippen molar-refractivity contribution in [2.75, 3.05) is 6.61 Å². The van der Waals surface area contributed by atoms with E-state index in [2.05, 4.69) is 0 Å². The summed E-state index contributed by atoms with van der Waals surface area (Å²) in [6.07, 6.45) is 3.31. The van der Waals surface area contributed by atoms with Crippen LogP contribution >= 0.6 is 11.6 Å². The van der Waals surface area contributed by atoms with Crippen LogP contribution in [-0.2, 0) is 16.0 Å². The molecule has 0 aromatic heterocycles. The van der Waals surface area contributed by atoms with Crippen LogP contribution < -0.4 is 0 Å². The lowest BCUT2D eigenvalue weighted by Gasteiger charge is -2.02. The van der Waals surface area contributed by atoms with E-state index in [0.29, 0.717) is 12.0 Å². The predicted octanol–water partition coefficient (Wildman–Crippen LogP) is 3.98. The van der Waals surface area contributed by atoms with Crippen molar-refractivity contribution < 1.29 is 19.0 Å². The molecular weight excluding hydrogens is 307 g/mol. The number of esters is 1. The minimum absolute atomic E-state index is 0.0477. The first kappa shape index (κ1) is 16.0. The standard InChI is InChI=1S/C17H14ClFO3/c18-15-7-3-13(11-16(15)20)4-8-17(21)22-10-9-12-1-5-14(19)6-2-12/h1-8,11,20H,9-10H2/b8-4+. The molecule has 3 nitrogen and oxygen atoms in total.